The van der Waals surface area contributed by atoms with Gasteiger partial charge in [0.2, 0.25) is 17.8 Å². The third-order valence-electron chi connectivity index (χ3n) is 8.99. The summed E-state index contributed by atoms with van der Waals surface area (Å²) >= 11 is 0. The number of nitrogens with zero attached hydrogens (tertiary/aromatic N) is 6. The quantitative estimate of drug-likeness (QED) is 0.246. The number of aliphatic hydroxyl groups excluding tert-OH is 2. The number of nitrogens with one attached hydrogen (secondary N) is 2. The fourth-order valence-electron chi connectivity index (χ4n) is 6.34. The number of para-hydroxylation sites is 1. The van der Waals surface area contributed by atoms with Gasteiger partial charge in [0.1, 0.15) is 11.3 Å². The summed E-state index contributed by atoms with van der Waals surface area (Å²) in [5, 5.41) is 25.8. The molecule has 2 heterocycles. The van der Waals surface area contributed by atoms with Crippen molar-refractivity contribution in [2.45, 2.75) is 76.5 Å². The molecule has 0 atom stereocenters. The lowest BCUT2D eigenvalue weighted by Gasteiger charge is -2.32. The number of carbonyl (C=O) groups is 1. The zero-order valence-corrected chi connectivity index (χ0v) is 25.3. The van der Waals surface area contributed by atoms with Crippen LogP contribution < -0.4 is 10.6 Å². The molecule has 0 unspecified atom stereocenters. The van der Waals surface area contributed by atoms with E-state index in [0.29, 0.717) is 41.8 Å². The van der Waals surface area contributed by atoms with Crippen LogP contribution in [-0.4, -0.2) is 97.4 Å². The molecule has 0 aliphatic heterocycles. The first-order chi connectivity index (χ1) is 20.9. The SMILES string of the molecule is CCN(CCO)CCN(C)C(=O)[C@H]1CC[C@@H](n2c(Nc3ccccc3F)nc3cnc(N[C@H]4CC[C@H](O)CC4)nc32)CC1. The molecule has 12 heteroatoms. The van der Waals surface area contributed by atoms with Crippen LogP contribution in [0.1, 0.15) is 64.3 Å². The van der Waals surface area contributed by atoms with Gasteiger partial charge in [-0.3, -0.25) is 14.3 Å². The molecule has 1 amide bonds. The molecule has 2 saturated carbocycles. The van der Waals surface area contributed by atoms with E-state index in [9.17, 15) is 19.4 Å². The average Bonchev–Trinajstić information content (AvgIpc) is 3.38. The van der Waals surface area contributed by atoms with Crippen LogP contribution in [-0.2, 0) is 4.79 Å². The summed E-state index contributed by atoms with van der Waals surface area (Å²) in [6.45, 7) is 4.97. The van der Waals surface area contributed by atoms with Gasteiger partial charge in [0.15, 0.2) is 5.65 Å². The maximum Gasteiger partial charge on any atom is 0.225 e. The van der Waals surface area contributed by atoms with Crippen LogP contribution in [0.3, 0.4) is 0 Å². The van der Waals surface area contributed by atoms with Crippen molar-refractivity contribution < 1.29 is 19.4 Å². The molecular weight excluding hydrogens is 551 g/mol. The second kappa shape index (κ2) is 14.4. The van der Waals surface area contributed by atoms with Crippen LogP contribution in [0, 0.1) is 11.7 Å². The number of amides is 1. The van der Waals surface area contributed by atoms with Gasteiger partial charge in [0.25, 0.3) is 0 Å². The lowest BCUT2D eigenvalue weighted by atomic mass is 9.85. The number of aliphatic hydroxyl groups is 2. The van der Waals surface area contributed by atoms with Gasteiger partial charge in [-0.05, 0) is 70.0 Å². The van der Waals surface area contributed by atoms with Gasteiger partial charge >= 0.3 is 0 Å². The molecule has 5 rings (SSSR count). The molecule has 2 aliphatic rings. The van der Waals surface area contributed by atoms with Crippen LogP contribution in [0.4, 0.5) is 22.0 Å². The molecule has 0 radical (unpaired) electrons. The summed E-state index contributed by atoms with van der Waals surface area (Å²) in [7, 11) is 1.86. The molecule has 43 heavy (non-hydrogen) atoms. The Labute approximate surface area is 252 Å². The number of fused-ring (bicyclic) bond motifs is 1. The van der Waals surface area contributed by atoms with Gasteiger partial charge in [0.05, 0.1) is 24.6 Å². The van der Waals surface area contributed by atoms with Gasteiger partial charge in [-0.25, -0.2) is 14.4 Å². The Morgan fingerprint density at radius 2 is 1.79 bits per heavy atom. The number of anilines is 3. The van der Waals surface area contributed by atoms with Crippen LogP contribution in [0.5, 0.6) is 0 Å². The van der Waals surface area contributed by atoms with E-state index in [1.165, 1.54) is 6.07 Å². The molecule has 0 saturated heterocycles. The Morgan fingerprint density at radius 3 is 2.49 bits per heavy atom. The van der Waals surface area contributed by atoms with E-state index < -0.39 is 0 Å². The predicted molar refractivity (Wildman–Crippen MR) is 165 cm³/mol. The van der Waals surface area contributed by atoms with Gasteiger partial charge in [0, 0.05) is 44.7 Å². The lowest BCUT2D eigenvalue weighted by Crippen LogP contribution is -2.40. The molecule has 2 aromatic heterocycles. The van der Waals surface area contributed by atoms with Gasteiger partial charge in [-0.2, -0.15) is 4.98 Å². The first-order valence-corrected chi connectivity index (χ1v) is 15.7. The van der Waals surface area contributed by atoms with Gasteiger partial charge in [-0.1, -0.05) is 19.1 Å². The number of benzene rings is 1. The zero-order chi connectivity index (χ0) is 30.3. The third-order valence-corrected chi connectivity index (χ3v) is 8.99. The molecule has 1 aromatic carbocycles. The molecule has 0 spiro atoms. The molecule has 0 bridgehead atoms. The van der Waals surface area contributed by atoms with Crippen molar-refractivity contribution in [1.29, 1.82) is 0 Å². The molecule has 2 fully saturated rings. The number of carbonyl (C=O) groups excluding carboxylic acids is 1. The summed E-state index contributed by atoms with van der Waals surface area (Å²) in [6.07, 6.45) is 7.68. The van der Waals surface area contributed by atoms with Crippen molar-refractivity contribution in [3.63, 3.8) is 0 Å². The van der Waals surface area contributed by atoms with Crippen LogP contribution >= 0.6 is 0 Å². The maximum absolute atomic E-state index is 14.6. The average molecular weight is 597 g/mol. The molecule has 234 valence electrons. The van der Waals surface area contributed by atoms with Gasteiger partial charge in [-0.15, -0.1) is 0 Å². The molecule has 3 aromatic rings. The highest BCUT2D eigenvalue weighted by atomic mass is 19.1. The van der Waals surface area contributed by atoms with E-state index >= 15 is 0 Å². The summed E-state index contributed by atoms with van der Waals surface area (Å²) in [6, 6.07) is 6.74. The minimum atomic E-state index is -0.369. The van der Waals surface area contributed by atoms with Gasteiger partial charge < -0.3 is 25.7 Å². The fraction of sp³-hybridized carbons (Fsp3) is 0.613. The monoisotopic (exact) mass is 596 g/mol. The normalized spacial score (nSPS) is 22.6. The highest BCUT2D eigenvalue weighted by Gasteiger charge is 2.32. The van der Waals surface area contributed by atoms with Crippen LogP contribution in [0.15, 0.2) is 30.5 Å². The van der Waals surface area contributed by atoms with Crippen molar-refractivity contribution in [3.8, 4) is 0 Å². The number of imidazole rings is 1. The lowest BCUT2D eigenvalue weighted by molar-refractivity contribution is -0.135. The third kappa shape index (κ3) is 7.60. The smallest absolute Gasteiger partial charge is 0.225 e. The Morgan fingerprint density at radius 1 is 1.05 bits per heavy atom. The topological polar surface area (TPSA) is 132 Å². The highest BCUT2D eigenvalue weighted by molar-refractivity contribution is 5.79. The molecule has 11 nitrogen and oxygen atoms in total. The van der Waals surface area contributed by atoms with Crippen molar-refractivity contribution in [1.82, 2.24) is 29.3 Å². The second-order valence-corrected chi connectivity index (χ2v) is 11.9. The minimum absolute atomic E-state index is 0.0290. The van der Waals surface area contributed by atoms with E-state index in [2.05, 4.69) is 32.0 Å². The van der Waals surface area contributed by atoms with E-state index in [-0.39, 0.29) is 42.4 Å². The van der Waals surface area contributed by atoms with E-state index in [4.69, 9.17) is 9.97 Å². The zero-order valence-electron chi connectivity index (χ0n) is 25.3. The number of aromatic nitrogens is 4. The largest absolute Gasteiger partial charge is 0.395 e. The maximum atomic E-state index is 14.6. The highest BCUT2D eigenvalue weighted by Crippen LogP contribution is 2.38. The number of likely N-dealkylation sites (N-methyl/N-ethyl adjacent to an activating group) is 2. The molecule has 2 aliphatic carbocycles. The van der Waals surface area contributed by atoms with Crippen molar-refractivity contribution in [3.05, 3.63) is 36.3 Å². The minimum Gasteiger partial charge on any atom is -0.395 e. The molecular formula is C31H45FN8O3. The van der Waals surface area contributed by atoms with E-state index in [1.807, 2.05) is 11.9 Å². The van der Waals surface area contributed by atoms with E-state index in [1.54, 1.807) is 24.4 Å². The molecule has 4 N–H and O–H groups in total. The summed E-state index contributed by atoms with van der Waals surface area (Å²) in [5.74, 6) is 0.751. The number of hydrogen-bond donors (Lipinski definition) is 4. The second-order valence-electron chi connectivity index (χ2n) is 11.9. The van der Waals surface area contributed by atoms with Crippen molar-refractivity contribution in [2.24, 2.45) is 5.92 Å². The van der Waals surface area contributed by atoms with Crippen molar-refractivity contribution in [2.75, 3.05) is 50.5 Å². The summed E-state index contributed by atoms with van der Waals surface area (Å²) < 4.78 is 16.7. The predicted octanol–water partition coefficient (Wildman–Crippen LogP) is 3.93. The first-order valence-electron chi connectivity index (χ1n) is 15.7. The Balaban J connectivity index is 1.33. The van der Waals surface area contributed by atoms with Crippen LogP contribution in [0.2, 0.25) is 0 Å². The number of rotatable bonds is 12. The Bertz CT molecular complexity index is 1350. The number of hydrogen-bond acceptors (Lipinski definition) is 9. The number of halogens is 1. The Kier molecular flexibility index (Phi) is 10.4. The van der Waals surface area contributed by atoms with Crippen molar-refractivity contribution >= 4 is 34.7 Å². The summed E-state index contributed by atoms with van der Waals surface area (Å²) in [5.41, 5.74) is 1.62. The Hall–Kier alpha value is -3.35. The standard InChI is InChI=1S/C31H45FN8O3/c1-3-39(18-19-41)17-16-38(2)29(43)21-8-12-23(13-9-21)40-28-27(36-31(40)35-26-7-5-4-6-25(26)32)20-33-30(37-28)34-22-10-14-24(42)15-11-22/h4-7,20-24,41-42H,3,8-19H2,1-2H3,(H,35,36)(H,33,34,37)/t21-,22-,23+,24-. The van der Waals surface area contributed by atoms with E-state index in [0.717, 1.165) is 64.5 Å². The fourth-order valence-corrected chi connectivity index (χ4v) is 6.34. The summed E-state index contributed by atoms with van der Waals surface area (Å²) in [4.78, 5) is 31.4. The first kappa shape index (κ1) is 31.1. The van der Waals surface area contributed by atoms with Crippen LogP contribution in [0.25, 0.3) is 11.2 Å².